The van der Waals surface area contributed by atoms with Crippen molar-refractivity contribution in [1.82, 2.24) is 9.97 Å². The average molecular weight is 531 g/mol. The van der Waals surface area contributed by atoms with Crippen molar-refractivity contribution in [2.24, 2.45) is 0 Å². The second-order valence-corrected chi connectivity index (χ2v) is 12.6. The van der Waals surface area contributed by atoms with Gasteiger partial charge in [0, 0.05) is 41.5 Å². The smallest absolute Gasteiger partial charge is 0.225 e. The molecule has 6 nitrogen and oxygen atoms in total. The molecule has 0 bridgehead atoms. The fourth-order valence-electron chi connectivity index (χ4n) is 5.21. The van der Waals surface area contributed by atoms with Crippen LogP contribution in [-0.2, 0) is 22.4 Å². The molecule has 1 fully saturated rings. The van der Waals surface area contributed by atoms with E-state index in [1.165, 1.54) is 0 Å². The summed E-state index contributed by atoms with van der Waals surface area (Å²) in [6, 6.07) is 13.3. The van der Waals surface area contributed by atoms with Crippen LogP contribution in [0.3, 0.4) is 0 Å². The van der Waals surface area contributed by atoms with Gasteiger partial charge in [0.05, 0.1) is 18.4 Å². The summed E-state index contributed by atoms with van der Waals surface area (Å²) in [6.07, 6.45) is 9.86. The predicted molar refractivity (Wildman–Crippen MR) is 152 cm³/mol. The molecule has 2 aromatic carbocycles. The van der Waals surface area contributed by atoms with Gasteiger partial charge in [0.1, 0.15) is 17.7 Å². The van der Waals surface area contributed by atoms with E-state index in [0.717, 1.165) is 58.5 Å². The lowest BCUT2D eigenvalue weighted by Gasteiger charge is -2.18. The van der Waals surface area contributed by atoms with Crippen molar-refractivity contribution >= 4 is 26.7 Å². The van der Waals surface area contributed by atoms with Gasteiger partial charge >= 0.3 is 0 Å². The Hall–Kier alpha value is -3.45. The van der Waals surface area contributed by atoms with Gasteiger partial charge in [-0.25, -0.2) is 4.98 Å². The first kappa shape index (κ1) is 26.2. The number of fused-ring (bicyclic) bond motifs is 1. The summed E-state index contributed by atoms with van der Waals surface area (Å²) in [4.78, 5) is 22.8. The van der Waals surface area contributed by atoms with E-state index in [1.807, 2.05) is 43.3 Å². The lowest BCUT2D eigenvalue weighted by Crippen LogP contribution is -2.15. The number of hydrogen-bond donors (Lipinski definition) is 0. The number of benzene rings is 2. The number of rotatable bonds is 9. The van der Waals surface area contributed by atoms with E-state index in [9.17, 15) is 9.00 Å². The minimum atomic E-state index is -2.34. The largest absolute Gasteiger partial charge is 0.496 e. The maximum atomic E-state index is 12.6. The second kappa shape index (κ2) is 10.7. The standard InChI is InChI=1S/C31H34N2O4S/c1-5-27(34)21-13-14-22(28(18-21)36-2)19-29-32-26-16-15-25(20-9-8-12-24(17-20)38(3,4)35)30(26)31(33-29)37-23-10-6-7-11-23/h8-9,12-15,17-18,23H,3,5-7,10-11,16,19H2,1-2,4H3. The van der Waals surface area contributed by atoms with Crippen LogP contribution in [0, 0.1) is 0 Å². The summed E-state index contributed by atoms with van der Waals surface area (Å²) in [5.41, 5.74) is 5.36. The third-order valence-corrected chi connectivity index (χ3v) is 8.52. The van der Waals surface area contributed by atoms with E-state index >= 15 is 0 Å². The number of ether oxygens (including phenoxy) is 2. The number of Topliss-reactive ketones (excluding diaryl/α,β-unsaturated/α-hetero) is 1. The van der Waals surface area contributed by atoms with Crippen molar-refractivity contribution in [2.45, 2.75) is 62.9 Å². The van der Waals surface area contributed by atoms with Crippen molar-refractivity contribution in [2.75, 3.05) is 13.4 Å². The van der Waals surface area contributed by atoms with E-state index in [1.54, 1.807) is 19.4 Å². The van der Waals surface area contributed by atoms with Gasteiger partial charge in [-0.1, -0.05) is 37.3 Å². The van der Waals surface area contributed by atoms with Gasteiger partial charge in [-0.3, -0.25) is 9.00 Å². The zero-order chi connectivity index (χ0) is 26.9. The lowest BCUT2D eigenvalue weighted by atomic mass is 10.0. The molecule has 0 aliphatic heterocycles. The van der Waals surface area contributed by atoms with Crippen molar-refractivity contribution in [3.63, 3.8) is 0 Å². The van der Waals surface area contributed by atoms with Crippen LogP contribution in [0.1, 0.15) is 77.6 Å². The second-order valence-electron chi connectivity index (χ2n) is 10.1. The van der Waals surface area contributed by atoms with Crippen LogP contribution >= 0.6 is 0 Å². The van der Waals surface area contributed by atoms with Crippen LogP contribution in [0.4, 0.5) is 0 Å². The van der Waals surface area contributed by atoms with Crippen molar-refractivity contribution in [3.8, 4) is 11.6 Å². The van der Waals surface area contributed by atoms with Crippen molar-refractivity contribution in [1.29, 1.82) is 0 Å². The number of allylic oxidation sites excluding steroid dienone is 1. The van der Waals surface area contributed by atoms with Crippen LogP contribution < -0.4 is 9.47 Å². The van der Waals surface area contributed by atoms with Crippen LogP contribution in [0.15, 0.2) is 53.4 Å². The highest BCUT2D eigenvalue weighted by Gasteiger charge is 2.28. The molecule has 7 heteroatoms. The highest BCUT2D eigenvalue weighted by atomic mass is 32.2. The number of aromatic nitrogens is 2. The zero-order valence-electron chi connectivity index (χ0n) is 22.3. The normalized spacial score (nSPS) is 16.6. The Kier molecular flexibility index (Phi) is 7.39. The van der Waals surface area contributed by atoms with Crippen LogP contribution in [0.25, 0.3) is 5.57 Å². The first-order valence-corrected chi connectivity index (χ1v) is 15.3. The fourth-order valence-corrected chi connectivity index (χ4v) is 5.96. The molecule has 0 amide bonds. The van der Waals surface area contributed by atoms with Gasteiger partial charge in [-0.2, -0.15) is 4.98 Å². The predicted octanol–water partition coefficient (Wildman–Crippen LogP) is 5.68. The molecule has 3 aromatic rings. The highest BCUT2D eigenvalue weighted by molar-refractivity contribution is 7.99. The molecule has 0 spiro atoms. The number of hydrogen-bond acceptors (Lipinski definition) is 6. The molecule has 5 rings (SSSR count). The molecule has 38 heavy (non-hydrogen) atoms. The molecular formula is C31H34N2O4S. The maximum absolute atomic E-state index is 12.6. The summed E-state index contributed by atoms with van der Waals surface area (Å²) >= 11 is 0. The quantitative estimate of drug-likeness (QED) is 0.262. The van der Waals surface area contributed by atoms with E-state index in [2.05, 4.69) is 11.9 Å². The Morgan fingerprint density at radius 2 is 1.92 bits per heavy atom. The molecule has 1 aromatic heterocycles. The fraction of sp³-hybridized carbons (Fsp3) is 0.355. The van der Waals surface area contributed by atoms with E-state index in [-0.39, 0.29) is 11.9 Å². The third-order valence-electron chi connectivity index (χ3n) is 7.27. The molecule has 2 aliphatic carbocycles. The first-order valence-electron chi connectivity index (χ1n) is 13.2. The maximum Gasteiger partial charge on any atom is 0.225 e. The Labute approximate surface area is 225 Å². The first-order chi connectivity index (χ1) is 18.3. The molecule has 198 valence electrons. The monoisotopic (exact) mass is 530 g/mol. The molecule has 1 heterocycles. The molecule has 1 saturated carbocycles. The Morgan fingerprint density at radius 1 is 1.13 bits per heavy atom. The van der Waals surface area contributed by atoms with Gasteiger partial charge in [0.2, 0.25) is 5.88 Å². The molecule has 1 unspecified atom stereocenters. The van der Waals surface area contributed by atoms with Crippen molar-refractivity contribution in [3.05, 3.63) is 82.3 Å². The van der Waals surface area contributed by atoms with E-state index < -0.39 is 9.52 Å². The minimum Gasteiger partial charge on any atom is -0.496 e. The van der Waals surface area contributed by atoms with Crippen LogP contribution in [0.2, 0.25) is 0 Å². The van der Waals surface area contributed by atoms with Gasteiger partial charge in [0.15, 0.2) is 5.78 Å². The van der Waals surface area contributed by atoms with E-state index in [0.29, 0.717) is 42.3 Å². The molecular weight excluding hydrogens is 496 g/mol. The average Bonchev–Trinajstić information content (AvgIpc) is 3.58. The van der Waals surface area contributed by atoms with Crippen LogP contribution in [0.5, 0.6) is 11.6 Å². The SMILES string of the molecule is C=S(C)(=O)c1cccc(C2=CCc3nc(Cc4ccc(C(=O)CC)cc4OC)nc(OC4CCCC4)c32)c1. The molecule has 1 atom stereocenters. The van der Waals surface area contributed by atoms with Gasteiger partial charge < -0.3 is 9.47 Å². The summed E-state index contributed by atoms with van der Waals surface area (Å²) < 4.78 is 24.8. The highest BCUT2D eigenvalue weighted by Crippen LogP contribution is 2.39. The van der Waals surface area contributed by atoms with Crippen LogP contribution in [-0.4, -0.2) is 45.3 Å². The molecule has 0 N–H and O–H groups in total. The number of methoxy groups -OCH3 is 1. The Morgan fingerprint density at radius 3 is 2.63 bits per heavy atom. The summed E-state index contributed by atoms with van der Waals surface area (Å²) in [6.45, 7) is 1.85. The summed E-state index contributed by atoms with van der Waals surface area (Å²) in [5, 5.41) is 0. The van der Waals surface area contributed by atoms with Gasteiger partial charge in [0.25, 0.3) is 0 Å². The van der Waals surface area contributed by atoms with Crippen molar-refractivity contribution < 1.29 is 18.5 Å². The number of carbonyl (C=O) groups excluding carboxylic acids is 1. The number of carbonyl (C=O) groups is 1. The Bertz CT molecular complexity index is 1520. The Balaban J connectivity index is 1.53. The minimum absolute atomic E-state index is 0.0799. The van der Waals surface area contributed by atoms with Gasteiger partial charge in [-0.15, -0.1) is 0 Å². The van der Waals surface area contributed by atoms with E-state index in [4.69, 9.17) is 19.4 Å². The number of ketones is 1. The zero-order valence-corrected chi connectivity index (χ0v) is 23.1. The molecule has 0 radical (unpaired) electrons. The lowest BCUT2D eigenvalue weighted by molar-refractivity contribution is 0.0988. The molecule has 2 aliphatic rings. The third kappa shape index (κ3) is 5.39. The summed E-state index contributed by atoms with van der Waals surface area (Å²) in [5.74, 6) is 5.85. The molecule has 0 saturated heterocycles. The van der Waals surface area contributed by atoms with Gasteiger partial charge in [-0.05, 0) is 70.4 Å². The number of nitrogens with zero attached hydrogens (tertiary/aromatic N) is 2. The summed E-state index contributed by atoms with van der Waals surface area (Å²) in [7, 11) is -0.729. The topological polar surface area (TPSA) is 78.4 Å².